The van der Waals surface area contributed by atoms with Crippen molar-refractivity contribution in [1.29, 1.82) is 0 Å². The quantitative estimate of drug-likeness (QED) is 0.206. The second-order valence-electron chi connectivity index (χ2n) is 9.97. The van der Waals surface area contributed by atoms with Crippen LogP contribution in [0.3, 0.4) is 0 Å². The first-order chi connectivity index (χ1) is 16.2. The van der Waals surface area contributed by atoms with Crippen molar-refractivity contribution in [2.75, 3.05) is 13.7 Å². The fourth-order valence-corrected chi connectivity index (χ4v) is 2.92. The number of nitrogens with one attached hydrogen (secondary N) is 4. The van der Waals surface area contributed by atoms with Crippen molar-refractivity contribution < 1.29 is 33.4 Å². The van der Waals surface area contributed by atoms with Crippen molar-refractivity contribution in [3.8, 4) is 0 Å². The number of nitrogens with zero attached hydrogens (tertiary/aromatic N) is 1. The van der Waals surface area contributed by atoms with E-state index >= 15 is 0 Å². The zero-order valence-electron chi connectivity index (χ0n) is 21.6. The fraction of sp³-hybridized carbons (Fsp3) is 0.696. The highest BCUT2D eigenvalue weighted by atomic mass is 16.6. The van der Waals surface area contributed by atoms with Gasteiger partial charge >= 0.3 is 18.2 Å². The molecule has 0 spiro atoms. The summed E-state index contributed by atoms with van der Waals surface area (Å²) in [4.78, 5) is 56.2. The van der Waals surface area contributed by atoms with Gasteiger partial charge in [0, 0.05) is 19.2 Å². The molecule has 0 aliphatic carbocycles. The van der Waals surface area contributed by atoms with Gasteiger partial charge in [-0.25, -0.2) is 19.4 Å². The number of hydrogen-bond acceptors (Lipinski definition) is 8. The third-order valence-electron chi connectivity index (χ3n) is 4.37. The largest absolute Gasteiger partial charge is 0.467 e. The molecule has 4 N–H and O–H groups in total. The van der Waals surface area contributed by atoms with Crippen LogP contribution in [0, 0.1) is 0 Å². The summed E-state index contributed by atoms with van der Waals surface area (Å²) in [5.41, 5.74) is -0.793. The number of carbonyl (C=O) groups excluding carboxylic acids is 4. The number of H-pyrrole nitrogens is 1. The second kappa shape index (κ2) is 13.5. The zero-order valence-corrected chi connectivity index (χ0v) is 21.6. The maximum Gasteiger partial charge on any atom is 0.408 e. The number of aromatic nitrogens is 2. The minimum Gasteiger partial charge on any atom is -0.467 e. The van der Waals surface area contributed by atoms with E-state index in [2.05, 4.69) is 25.9 Å². The van der Waals surface area contributed by atoms with Gasteiger partial charge in [-0.05, 0) is 60.8 Å². The number of esters is 1. The fourth-order valence-electron chi connectivity index (χ4n) is 2.92. The van der Waals surface area contributed by atoms with Gasteiger partial charge in [0.2, 0.25) is 5.91 Å². The van der Waals surface area contributed by atoms with Crippen LogP contribution in [0.5, 0.6) is 0 Å². The van der Waals surface area contributed by atoms with E-state index in [1.165, 1.54) is 13.4 Å². The first-order valence-corrected chi connectivity index (χ1v) is 11.5. The van der Waals surface area contributed by atoms with Crippen LogP contribution in [-0.2, 0) is 30.2 Å². The molecule has 12 heteroatoms. The lowest BCUT2D eigenvalue weighted by molar-refractivity contribution is -0.145. The van der Waals surface area contributed by atoms with E-state index in [1.54, 1.807) is 47.7 Å². The topological polar surface area (TPSA) is 161 Å². The predicted molar refractivity (Wildman–Crippen MR) is 127 cm³/mol. The maximum atomic E-state index is 13.0. The highest BCUT2D eigenvalue weighted by Gasteiger charge is 2.29. The second-order valence-corrected chi connectivity index (χ2v) is 9.97. The Morgan fingerprint density at radius 1 is 0.943 bits per heavy atom. The van der Waals surface area contributed by atoms with Gasteiger partial charge in [-0.1, -0.05) is 0 Å². The number of ether oxygens (including phenoxy) is 3. The van der Waals surface area contributed by atoms with Crippen molar-refractivity contribution in [2.45, 2.75) is 90.5 Å². The van der Waals surface area contributed by atoms with Gasteiger partial charge in [0.25, 0.3) is 0 Å². The molecule has 0 unspecified atom stereocenters. The number of methoxy groups -OCH3 is 1. The van der Waals surface area contributed by atoms with Crippen LogP contribution < -0.4 is 16.0 Å². The van der Waals surface area contributed by atoms with Gasteiger partial charge in [-0.15, -0.1) is 0 Å². The smallest absolute Gasteiger partial charge is 0.408 e. The molecular formula is C23H39N5O7. The monoisotopic (exact) mass is 497 g/mol. The van der Waals surface area contributed by atoms with Crippen LogP contribution in [0.1, 0.15) is 66.5 Å². The van der Waals surface area contributed by atoms with Gasteiger partial charge in [-0.3, -0.25) is 4.79 Å². The Kier molecular flexibility index (Phi) is 11.5. The summed E-state index contributed by atoms with van der Waals surface area (Å²) < 4.78 is 15.3. The number of hydrogen-bond donors (Lipinski definition) is 4. The number of imidazole rings is 1. The van der Waals surface area contributed by atoms with Crippen LogP contribution >= 0.6 is 0 Å². The molecular weight excluding hydrogens is 458 g/mol. The first-order valence-electron chi connectivity index (χ1n) is 11.5. The predicted octanol–water partition coefficient (Wildman–Crippen LogP) is 2.20. The van der Waals surface area contributed by atoms with Crippen LogP contribution in [0.4, 0.5) is 9.59 Å². The van der Waals surface area contributed by atoms with E-state index in [4.69, 9.17) is 14.2 Å². The van der Waals surface area contributed by atoms with Gasteiger partial charge < -0.3 is 35.1 Å². The molecule has 0 saturated carbocycles. The lowest BCUT2D eigenvalue weighted by Crippen LogP contribution is -2.53. The Morgan fingerprint density at radius 2 is 1.57 bits per heavy atom. The molecule has 0 fully saturated rings. The standard InChI is InChI=1S/C23H39N5O7/c1-22(2,3)34-20(31)25-11-9-8-10-16(28-21(32)35-23(4,5)6)18(29)27-17(19(30)33-7)12-15-13-24-14-26-15/h13-14,16-17H,8-12H2,1-7H3,(H,24,26)(H,25,31)(H,27,29)(H,28,32)/t16-,17-/m0/s1. The molecule has 1 heterocycles. The van der Waals surface area contributed by atoms with Gasteiger partial charge in [0.05, 0.1) is 19.1 Å². The number of unbranched alkanes of at least 4 members (excludes halogenated alkanes) is 1. The van der Waals surface area contributed by atoms with Crippen LogP contribution in [0.2, 0.25) is 0 Å². The summed E-state index contributed by atoms with van der Waals surface area (Å²) >= 11 is 0. The number of amides is 3. The third-order valence-corrected chi connectivity index (χ3v) is 4.37. The van der Waals surface area contributed by atoms with Crippen molar-refractivity contribution in [3.05, 3.63) is 18.2 Å². The third kappa shape index (κ3) is 13.2. The highest BCUT2D eigenvalue weighted by molar-refractivity contribution is 5.89. The Balaban J connectivity index is 2.76. The number of alkyl carbamates (subject to hydrolysis) is 2. The average Bonchev–Trinajstić information content (AvgIpc) is 3.22. The van der Waals surface area contributed by atoms with E-state index < -0.39 is 47.3 Å². The van der Waals surface area contributed by atoms with Gasteiger partial charge in [-0.2, -0.15) is 0 Å². The maximum absolute atomic E-state index is 13.0. The normalized spacial score (nSPS) is 13.2. The van der Waals surface area contributed by atoms with Crippen molar-refractivity contribution in [2.24, 2.45) is 0 Å². The highest BCUT2D eigenvalue weighted by Crippen LogP contribution is 2.10. The van der Waals surface area contributed by atoms with Gasteiger partial charge in [0.15, 0.2) is 0 Å². The Labute approximate surface area is 206 Å². The molecule has 2 atom stereocenters. The van der Waals surface area contributed by atoms with E-state index in [1.807, 2.05) is 0 Å². The minimum atomic E-state index is -0.993. The zero-order chi connectivity index (χ0) is 26.6. The van der Waals surface area contributed by atoms with E-state index in [-0.39, 0.29) is 12.8 Å². The lowest BCUT2D eigenvalue weighted by Gasteiger charge is -2.25. The van der Waals surface area contributed by atoms with Crippen LogP contribution in [0.25, 0.3) is 0 Å². The minimum absolute atomic E-state index is 0.112. The Hall–Kier alpha value is -3.31. The molecule has 1 rings (SSSR count). The summed E-state index contributed by atoms with van der Waals surface area (Å²) in [6.45, 7) is 10.8. The lowest BCUT2D eigenvalue weighted by atomic mass is 10.1. The summed E-state index contributed by atoms with van der Waals surface area (Å²) in [6, 6.07) is -1.97. The molecule has 35 heavy (non-hydrogen) atoms. The molecule has 1 aromatic rings. The summed E-state index contributed by atoms with van der Waals surface area (Å²) in [5, 5.41) is 7.85. The molecule has 3 amide bonds. The molecule has 0 radical (unpaired) electrons. The van der Waals surface area contributed by atoms with Crippen LogP contribution in [-0.4, -0.2) is 71.0 Å². The molecule has 0 aliphatic rings. The number of aromatic amines is 1. The molecule has 0 saturated heterocycles. The van der Waals surface area contributed by atoms with E-state index in [9.17, 15) is 19.2 Å². The number of rotatable bonds is 11. The van der Waals surface area contributed by atoms with Crippen molar-refractivity contribution in [3.63, 3.8) is 0 Å². The number of carbonyl (C=O) groups is 4. The Bertz CT molecular complexity index is 828. The van der Waals surface area contributed by atoms with Crippen LogP contribution in [0.15, 0.2) is 12.5 Å². The van der Waals surface area contributed by atoms with Crippen molar-refractivity contribution in [1.82, 2.24) is 25.9 Å². The SMILES string of the molecule is COC(=O)[C@H](Cc1c[nH]cn1)NC(=O)[C@H](CCCCNC(=O)OC(C)(C)C)NC(=O)OC(C)(C)C. The van der Waals surface area contributed by atoms with Crippen molar-refractivity contribution >= 4 is 24.1 Å². The first kappa shape index (κ1) is 29.7. The molecule has 0 bridgehead atoms. The summed E-state index contributed by atoms with van der Waals surface area (Å²) in [5.74, 6) is -1.21. The molecule has 198 valence electrons. The molecule has 12 nitrogen and oxygen atoms in total. The van der Waals surface area contributed by atoms with Gasteiger partial charge in [0.1, 0.15) is 23.3 Å². The van der Waals surface area contributed by atoms with E-state index in [0.717, 1.165) is 0 Å². The summed E-state index contributed by atoms with van der Waals surface area (Å²) in [6.07, 6.45) is 3.17. The summed E-state index contributed by atoms with van der Waals surface area (Å²) in [7, 11) is 1.22. The average molecular weight is 498 g/mol. The molecule has 1 aromatic heterocycles. The Morgan fingerprint density at radius 3 is 2.11 bits per heavy atom. The molecule has 0 aliphatic heterocycles. The van der Waals surface area contributed by atoms with E-state index in [0.29, 0.717) is 25.1 Å². The molecule has 0 aromatic carbocycles.